The molecule has 0 heterocycles. The first-order chi connectivity index (χ1) is 8.99. The van der Waals surface area contributed by atoms with Gasteiger partial charge in [0.15, 0.2) is 11.6 Å². The minimum atomic E-state index is -1.17. The third kappa shape index (κ3) is 2.82. The first-order valence-electron chi connectivity index (χ1n) is 5.23. The molecule has 19 heavy (non-hydrogen) atoms. The molecule has 0 spiro atoms. The predicted octanol–water partition coefficient (Wildman–Crippen LogP) is 3.58. The molecule has 0 radical (unpaired) electrons. The standard InChI is InChI=1S/C13H8ClF2NO2/c14-7-4-5-11(18)8(6-7)13(19)17-10-3-1-2-9(15)12(10)16/h1-6,18H,(H,17,19). The van der Waals surface area contributed by atoms with Crippen molar-refractivity contribution in [3.63, 3.8) is 0 Å². The normalized spacial score (nSPS) is 10.3. The summed E-state index contributed by atoms with van der Waals surface area (Å²) in [5.74, 6) is -3.34. The van der Waals surface area contributed by atoms with Crippen LogP contribution in [0.25, 0.3) is 0 Å². The van der Waals surface area contributed by atoms with Gasteiger partial charge in [0.1, 0.15) is 5.75 Å². The molecule has 0 unspecified atom stereocenters. The summed E-state index contributed by atoms with van der Waals surface area (Å²) in [6.07, 6.45) is 0. The van der Waals surface area contributed by atoms with Gasteiger partial charge in [0.25, 0.3) is 5.91 Å². The zero-order valence-electron chi connectivity index (χ0n) is 9.45. The van der Waals surface area contributed by atoms with Crippen LogP contribution in [0.5, 0.6) is 5.75 Å². The summed E-state index contributed by atoms with van der Waals surface area (Å²) >= 11 is 5.70. The third-order valence-electron chi connectivity index (χ3n) is 2.40. The Hall–Kier alpha value is -2.14. The number of phenolic OH excluding ortho intramolecular Hbond substituents is 1. The SMILES string of the molecule is O=C(Nc1cccc(F)c1F)c1cc(Cl)ccc1O. The molecule has 0 aliphatic carbocycles. The lowest BCUT2D eigenvalue weighted by Gasteiger charge is -2.08. The highest BCUT2D eigenvalue weighted by Crippen LogP contribution is 2.23. The Morgan fingerprint density at radius 1 is 1.21 bits per heavy atom. The van der Waals surface area contributed by atoms with Crippen molar-refractivity contribution in [2.75, 3.05) is 5.32 Å². The number of aromatic hydroxyl groups is 1. The van der Waals surface area contributed by atoms with Crippen molar-refractivity contribution in [3.05, 3.63) is 58.6 Å². The molecule has 2 aromatic rings. The molecule has 0 aromatic heterocycles. The Morgan fingerprint density at radius 3 is 2.68 bits per heavy atom. The minimum absolute atomic E-state index is 0.129. The summed E-state index contributed by atoms with van der Waals surface area (Å²) in [4.78, 5) is 11.8. The van der Waals surface area contributed by atoms with E-state index in [9.17, 15) is 18.7 Å². The van der Waals surface area contributed by atoms with E-state index >= 15 is 0 Å². The van der Waals surface area contributed by atoms with Crippen LogP contribution in [0.2, 0.25) is 5.02 Å². The van der Waals surface area contributed by atoms with E-state index in [1.54, 1.807) is 0 Å². The first-order valence-corrected chi connectivity index (χ1v) is 5.60. The second kappa shape index (κ2) is 5.24. The molecular weight excluding hydrogens is 276 g/mol. The van der Waals surface area contributed by atoms with Gasteiger partial charge >= 0.3 is 0 Å². The van der Waals surface area contributed by atoms with Crippen LogP contribution in [-0.4, -0.2) is 11.0 Å². The number of anilines is 1. The van der Waals surface area contributed by atoms with E-state index < -0.39 is 17.5 Å². The highest BCUT2D eigenvalue weighted by molar-refractivity contribution is 6.31. The lowest BCUT2D eigenvalue weighted by molar-refractivity contribution is 0.102. The van der Waals surface area contributed by atoms with Gasteiger partial charge in [0.05, 0.1) is 11.3 Å². The van der Waals surface area contributed by atoms with Crippen molar-refractivity contribution in [3.8, 4) is 5.75 Å². The average Bonchev–Trinajstić information content (AvgIpc) is 2.38. The minimum Gasteiger partial charge on any atom is -0.507 e. The van der Waals surface area contributed by atoms with Crippen LogP contribution in [0.3, 0.4) is 0 Å². The summed E-state index contributed by atoms with van der Waals surface area (Å²) in [6, 6.07) is 7.25. The van der Waals surface area contributed by atoms with E-state index in [0.29, 0.717) is 0 Å². The van der Waals surface area contributed by atoms with Gasteiger partial charge in [-0.05, 0) is 30.3 Å². The number of rotatable bonds is 2. The number of hydrogen-bond donors (Lipinski definition) is 2. The molecule has 2 aromatic carbocycles. The van der Waals surface area contributed by atoms with E-state index in [1.165, 1.54) is 30.3 Å². The Bertz CT molecular complexity index is 647. The van der Waals surface area contributed by atoms with Gasteiger partial charge in [0.2, 0.25) is 0 Å². The third-order valence-corrected chi connectivity index (χ3v) is 2.64. The van der Waals surface area contributed by atoms with Crippen LogP contribution in [0.15, 0.2) is 36.4 Å². The Balaban J connectivity index is 2.31. The predicted molar refractivity (Wildman–Crippen MR) is 67.4 cm³/mol. The fourth-order valence-electron chi connectivity index (χ4n) is 1.48. The summed E-state index contributed by atoms with van der Waals surface area (Å²) in [7, 11) is 0. The molecule has 2 rings (SSSR count). The number of halogens is 3. The highest BCUT2D eigenvalue weighted by Gasteiger charge is 2.15. The lowest BCUT2D eigenvalue weighted by atomic mass is 10.2. The summed E-state index contributed by atoms with van der Waals surface area (Å²) in [5, 5.41) is 11.9. The van der Waals surface area contributed by atoms with Gasteiger partial charge in [-0.1, -0.05) is 17.7 Å². The number of hydrogen-bond acceptors (Lipinski definition) is 2. The molecule has 0 atom stereocenters. The van der Waals surface area contributed by atoms with Crippen LogP contribution in [0.1, 0.15) is 10.4 Å². The average molecular weight is 284 g/mol. The maximum Gasteiger partial charge on any atom is 0.259 e. The maximum atomic E-state index is 13.4. The molecule has 0 saturated heterocycles. The Kier molecular flexibility index (Phi) is 3.66. The van der Waals surface area contributed by atoms with Crippen LogP contribution in [0.4, 0.5) is 14.5 Å². The van der Waals surface area contributed by atoms with E-state index in [2.05, 4.69) is 5.32 Å². The molecule has 0 bridgehead atoms. The first kappa shape index (κ1) is 13.3. The zero-order chi connectivity index (χ0) is 14.0. The van der Waals surface area contributed by atoms with Crippen LogP contribution < -0.4 is 5.32 Å². The van der Waals surface area contributed by atoms with Crippen LogP contribution in [-0.2, 0) is 0 Å². The van der Waals surface area contributed by atoms with Crippen molar-refractivity contribution < 1.29 is 18.7 Å². The lowest BCUT2D eigenvalue weighted by Crippen LogP contribution is -2.13. The monoisotopic (exact) mass is 283 g/mol. The molecular formula is C13H8ClF2NO2. The van der Waals surface area contributed by atoms with E-state index in [4.69, 9.17) is 11.6 Å². The number of carbonyl (C=O) groups is 1. The molecule has 6 heteroatoms. The van der Waals surface area contributed by atoms with E-state index in [1.807, 2.05) is 0 Å². The largest absolute Gasteiger partial charge is 0.507 e. The number of phenols is 1. The van der Waals surface area contributed by atoms with Crippen molar-refractivity contribution >= 4 is 23.2 Å². The fraction of sp³-hybridized carbons (Fsp3) is 0. The zero-order valence-corrected chi connectivity index (χ0v) is 10.2. The van der Waals surface area contributed by atoms with Gasteiger partial charge in [-0.3, -0.25) is 4.79 Å². The van der Waals surface area contributed by atoms with Crippen molar-refractivity contribution in [1.29, 1.82) is 0 Å². The molecule has 3 nitrogen and oxygen atoms in total. The highest BCUT2D eigenvalue weighted by atomic mass is 35.5. The fourth-order valence-corrected chi connectivity index (χ4v) is 1.65. The number of benzene rings is 2. The summed E-state index contributed by atoms with van der Waals surface area (Å²) in [6.45, 7) is 0. The number of carbonyl (C=O) groups excluding carboxylic acids is 1. The smallest absolute Gasteiger partial charge is 0.259 e. The van der Waals surface area contributed by atoms with Gasteiger partial charge in [0, 0.05) is 5.02 Å². The molecule has 2 N–H and O–H groups in total. The Labute approximate surface area is 112 Å². The second-order valence-electron chi connectivity index (χ2n) is 3.72. The number of amides is 1. The van der Waals surface area contributed by atoms with Crippen LogP contribution >= 0.6 is 11.6 Å². The topological polar surface area (TPSA) is 49.3 Å². The van der Waals surface area contributed by atoms with E-state index in [-0.39, 0.29) is 22.0 Å². The summed E-state index contributed by atoms with van der Waals surface area (Å²) < 4.78 is 26.4. The van der Waals surface area contributed by atoms with Gasteiger partial charge < -0.3 is 10.4 Å². The Morgan fingerprint density at radius 2 is 1.95 bits per heavy atom. The van der Waals surface area contributed by atoms with Crippen molar-refractivity contribution in [1.82, 2.24) is 0 Å². The van der Waals surface area contributed by atoms with E-state index in [0.717, 1.165) is 6.07 Å². The maximum absolute atomic E-state index is 13.4. The molecule has 0 fully saturated rings. The van der Waals surface area contributed by atoms with Gasteiger partial charge in [-0.15, -0.1) is 0 Å². The molecule has 98 valence electrons. The summed E-state index contributed by atoms with van der Waals surface area (Å²) in [5.41, 5.74) is -0.444. The van der Waals surface area contributed by atoms with Crippen molar-refractivity contribution in [2.24, 2.45) is 0 Å². The molecule has 0 saturated carbocycles. The molecule has 0 aliphatic heterocycles. The second-order valence-corrected chi connectivity index (χ2v) is 4.15. The quantitative estimate of drug-likeness (QED) is 0.885. The molecule has 0 aliphatic rings. The number of nitrogens with one attached hydrogen (secondary N) is 1. The van der Waals surface area contributed by atoms with Gasteiger partial charge in [-0.2, -0.15) is 0 Å². The van der Waals surface area contributed by atoms with Crippen molar-refractivity contribution in [2.45, 2.75) is 0 Å². The van der Waals surface area contributed by atoms with Gasteiger partial charge in [-0.25, -0.2) is 8.78 Å². The van der Waals surface area contributed by atoms with Crippen LogP contribution in [0, 0.1) is 11.6 Å². The molecule has 1 amide bonds.